The molecule has 0 bridgehead atoms. The molecule has 1 aromatic rings. The molecule has 5 N–H and O–H groups in total. The molecule has 0 saturated heterocycles. The average molecular weight is 279 g/mol. The van der Waals surface area contributed by atoms with Gasteiger partial charge in [-0.05, 0) is 32.9 Å². The second-order valence-corrected chi connectivity index (χ2v) is 4.38. The minimum atomic E-state index is -0.643. The predicted molar refractivity (Wildman–Crippen MR) is 78.2 cm³/mol. The van der Waals surface area contributed by atoms with E-state index in [0.717, 1.165) is 0 Å². The molecule has 0 radical (unpaired) electrons. The molecule has 0 aliphatic heterocycles. The first-order valence-electron chi connectivity index (χ1n) is 6.52. The van der Waals surface area contributed by atoms with Crippen molar-refractivity contribution in [1.82, 2.24) is 9.88 Å². The second-order valence-electron chi connectivity index (χ2n) is 4.38. The fraction of sp³-hybridized carbons (Fsp3) is 0.462. The number of amides is 2. The summed E-state index contributed by atoms with van der Waals surface area (Å²) in [5.74, 6) is -0.411. The molecule has 0 aliphatic rings. The number of carbonyl (C=O) groups excluding carboxylic acids is 2. The van der Waals surface area contributed by atoms with Gasteiger partial charge in [-0.25, -0.2) is 4.98 Å². The lowest BCUT2D eigenvalue weighted by atomic mass is 10.2. The van der Waals surface area contributed by atoms with E-state index in [1.54, 1.807) is 11.8 Å². The van der Waals surface area contributed by atoms with E-state index in [2.05, 4.69) is 10.3 Å². The van der Waals surface area contributed by atoms with E-state index in [0.29, 0.717) is 18.8 Å². The summed E-state index contributed by atoms with van der Waals surface area (Å²) < 4.78 is 0. The maximum Gasteiger partial charge on any atom is 0.267 e. The number of pyridine rings is 1. The van der Waals surface area contributed by atoms with Crippen LogP contribution in [0.4, 0.5) is 11.5 Å². The van der Waals surface area contributed by atoms with Gasteiger partial charge < -0.3 is 21.7 Å². The topological polar surface area (TPSA) is 114 Å². The van der Waals surface area contributed by atoms with Gasteiger partial charge >= 0.3 is 0 Å². The Bertz CT molecular complexity index is 500. The Kier molecular flexibility index (Phi) is 5.31. The molecule has 0 aliphatic carbocycles. The minimum Gasteiger partial charge on any atom is -0.396 e. The van der Waals surface area contributed by atoms with Crippen LogP contribution in [-0.4, -0.2) is 40.8 Å². The highest BCUT2D eigenvalue weighted by molar-refractivity contribution is 5.92. The van der Waals surface area contributed by atoms with Crippen LogP contribution in [0.1, 0.15) is 31.3 Å². The third-order valence-corrected chi connectivity index (χ3v) is 2.98. The monoisotopic (exact) mass is 279 g/mol. The van der Waals surface area contributed by atoms with Crippen molar-refractivity contribution in [2.75, 3.05) is 24.1 Å². The number of nitrogens with zero attached hydrogens (tertiary/aromatic N) is 2. The van der Waals surface area contributed by atoms with Crippen LogP contribution < -0.4 is 16.8 Å². The van der Waals surface area contributed by atoms with Gasteiger partial charge in [0.05, 0.1) is 5.69 Å². The first kappa shape index (κ1) is 15.7. The molecule has 1 unspecified atom stereocenters. The molecule has 2 amide bonds. The first-order chi connectivity index (χ1) is 9.40. The highest BCUT2D eigenvalue weighted by Crippen LogP contribution is 2.17. The van der Waals surface area contributed by atoms with Gasteiger partial charge in [0.15, 0.2) is 5.82 Å². The number of carbonyl (C=O) groups is 2. The molecule has 0 spiro atoms. The number of hydrogen-bond donors (Lipinski definition) is 3. The highest BCUT2D eigenvalue weighted by atomic mass is 16.2. The summed E-state index contributed by atoms with van der Waals surface area (Å²) in [6.07, 6.45) is 0. The van der Waals surface area contributed by atoms with Crippen molar-refractivity contribution >= 4 is 23.3 Å². The van der Waals surface area contributed by atoms with Crippen molar-refractivity contribution in [3.8, 4) is 0 Å². The summed E-state index contributed by atoms with van der Waals surface area (Å²) in [4.78, 5) is 29.0. The van der Waals surface area contributed by atoms with E-state index < -0.39 is 11.9 Å². The summed E-state index contributed by atoms with van der Waals surface area (Å²) in [5, 5.41) is 2.92. The van der Waals surface area contributed by atoms with Crippen LogP contribution >= 0.6 is 0 Å². The van der Waals surface area contributed by atoms with Crippen LogP contribution in [0.3, 0.4) is 0 Å². The Morgan fingerprint density at radius 3 is 2.45 bits per heavy atom. The number of hydrogen-bond acceptors (Lipinski definition) is 5. The van der Waals surface area contributed by atoms with Crippen LogP contribution in [0.25, 0.3) is 0 Å². The van der Waals surface area contributed by atoms with E-state index in [4.69, 9.17) is 11.5 Å². The Morgan fingerprint density at radius 2 is 1.95 bits per heavy atom. The molecule has 20 heavy (non-hydrogen) atoms. The number of nitrogen functional groups attached to an aromatic ring is 1. The van der Waals surface area contributed by atoms with E-state index in [1.165, 1.54) is 12.1 Å². The van der Waals surface area contributed by atoms with E-state index in [9.17, 15) is 9.59 Å². The maximum absolute atomic E-state index is 12.1. The molecule has 0 saturated carbocycles. The number of rotatable bonds is 6. The molecule has 1 aromatic heterocycles. The summed E-state index contributed by atoms with van der Waals surface area (Å²) in [5.41, 5.74) is 11.4. The third-order valence-electron chi connectivity index (χ3n) is 2.98. The second kappa shape index (κ2) is 6.74. The Balaban J connectivity index is 2.89. The molecule has 110 valence electrons. The zero-order valence-electron chi connectivity index (χ0n) is 12.0. The number of nitrogens with two attached hydrogens (primary N) is 2. The normalized spacial score (nSPS) is 11.8. The molecule has 1 heterocycles. The Morgan fingerprint density at radius 1 is 1.35 bits per heavy atom. The van der Waals surface area contributed by atoms with Crippen molar-refractivity contribution < 1.29 is 9.59 Å². The third kappa shape index (κ3) is 3.59. The van der Waals surface area contributed by atoms with Crippen molar-refractivity contribution in [3.63, 3.8) is 0 Å². The molecule has 0 aromatic carbocycles. The summed E-state index contributed by atoms with van der Waals surface area (Å²) in [7, 11) is 0. The van der Waals surface area contributed by atoms with Gasteiger partial charge in [0.1, 0.15) is 11.7 Å². The molecule has 0 fully saturated rings. The minimum absolute atomic E-state index is 0.0549. The van der Waals surface area contributed by atoms with Crippen LogP contribution in [0, 0.1) is 0 Å². The molecule has 1 rings (SSSR count). The zero-order valence-corrected chi connectivity index (χ0v) is 12.0. The predicted octanol–water partition coefficient (Wildman–Crippen LogP) is 0.432. The number of nitrogens with one attached hydrogen (secondary N) is 1. The van der Waals surface area contributed by atoms with Crippen molar-refractivity contribution in [1.29, 1.82) is 0 Å². The SMILES string of the molecule is CCN(CC)C(=O)C(C)Nc1nc(C(N)=O)ccc1N. The smallest absolute Gasteiger partial charge is 0.267 e. The Hall–Kier alpha value is -2.31. The van der Waals surface area contributed by atoms with Crippen LogP contribution in [-0.2, 0) is 4.79 Å². The van der Waals surface area contributed by atoms with E-state index >= 15 is 0 Å². The van der Waals surface area contributed by atoms with Crippen molar-refractivity contribution in [2.24, 2.45) is 5.73 Å². The maximum atomic E-state index is 12.1. The molecular formula is C13H21N5O2. The van der Waals surface area contributed by atoms with Gasteiger partial charge in [0, 0.05) is 13.1 Å². The lowest BCUT2D eigenvalue weighted by molar-refractivity contribution is -0.131. The zero-order chi connectivity index (χ0) is 15.3. The lowest BCUT2D eigenvalue weighted by Gasteiger charge is -2.24. The van der Waals surface area contributed by atoms with Gasteiger partial charge in [-0.15, -0.1) is 0 Å². The Labute approximate surface area is 118 Å². The first-order valence-corrected chi connectivity index (χ1v) is 6.52. The van der Waals surface area contributed by atoms with Gasteiger partial charge in [-0.3, -0.25) is 9.59 Å². The van der Waals surface area contributed by atoms with Crippen LogP contribution in [0.15, 0.2) is 12.1 Å². The number of aromatic nitrogens is 1. The standard InChI is InChI=1S/C13H21N5O2/c1-4-18(5-2)13(20)8(3)16-12-9(14)6-7-10(17-12)11(15)19/h6-8H,4-5,14H2,1-3H3,(H2,15,19)(H,16,17). The number of primary amides is 1. The molecule has 7 heteroatoms. The summed E-state index contributed by atoms with van der Waals surface area (Å²) >= 11 is 0. The fourth-order valence-electron chi connectivity index (χ4n) is 1.80. The molecule has 1 atom stereocenters. The van der Waals surface area contributed by atoms with Crippen LogP contribution in [0.2, 0.25) is 0 Å². The highest BCUT2D eigenvalue weighted by Gasteiger charge is 2.19. The van der Waals surface area contributed by atoms with E-state index in [1.807, 2.05) is 13.8 Å². The van der Waals surface area contributed by atoms with Gasteiger partial charge in [0.25, 0.3) is 5.91 Å². The van der Waals surface area contributed by atoms with Crippen molar-refractivity contribution in [2.45, 2.75) is 26.8 Å². The number of likely N-dealkylation sites (N-methyl/N-ethyl adjacent to an activating group) is 1. The quantitative estimate of drug-likeness (QED) is 0.698. The van der Waals surface area contributed by atoms with Crippen LogP contribution in [0.5, 0.6) is 0 Å². The van der Waals surface area contributed by atoms with Crippen molar-refractivity contribution in [3.05, 3.63) is 17.8 Å². The number of anilines is 2. The molecule has 7 nitrogen and oxygen atoms in total. The fourth-order valence-corrected chi connectivity index (χ4v) is 1.80. The largest absolute Gasteiger partial charge is 0.396 e. The van der Waals surface area contributed by atoms with Gasteiger partial charge in [0.2, 0.25) is 5.91 Å². The molecular weight excluding hydrogens is 258 g/mol. The van der Waals surface area contributed by atoms with E-state index in [-0.39, 0.29) is 17.4 Å². The summed E-state index contributed by atoms with van der Waals surface area (Å²) in [6.45, 7) is 6.80. The van der Waals surface area contributed by atoms with Gasteiger partial charge in [-0.2, -0.15) is 0 Å². The van der Waals surface area contributed by atoms with Gasteiger partial charge in [-0.1, -0.05) is 0 Å². The summed E-state index contributed by atoms with van der Waals surface area (Å²) in [6, 6.07) is 2.48. The average Bonchev–Trinajstić information content (AvgIpc) is 2.42. The lowest BCUT2D eigenvalue weighted by Crippen LogP contribution is -2.41.